The molecule has 1 amide bonds. The summed E-state index contributed by atoms with van der Waals surface area (Å²) in [4.78, 5) is 26.0. The first-order valence-corrected chi connectivity index (χ1v) is 5.77. The maximum absolute atomic E-state index is 11.5. The molecule has 1 saturated heterocycles. The normalized spacial score (nSPS) is 20.2. The average Bonchev–Trinajstić information content (AvgIpc) is 2.69. The minimum atomic E-state index is -1.08. The van der Waals surface area contributed by atoms with Crippen LogP contribution in [0, 0.1) is 0 Å². The second-order valence-electron chi connectivity index (χ2n) is 3.47. The first-order valence-electron chi connectivity index (χ1n) is 4.89. The Morgan fingerprint density at radius 3 is 3.19 bits per heavy atom. The van der Waals surface area contributed by atoms with Gasteiger partial charge in [0.1, 0.15) is 11.0 Å². The van der Waals surface area contributed by atoms with Crippen LogP contribution in [0.25, 0.3) is 0 Å². The van der Waals surface area contributed by atoms with Crippen molar-refractivity contribution >= 4 is 28.2 Å². The van der Waals surface area contributed by atoms with Gasteiger partial charge in [-0.1, -0.05) is 0 Å². The topological polar surface area (TPSA) is 91.3 Å². The van der Waals surface area contributed by atoms with Crippen molar-refractivity contribution in [3.8, 4) is 0 Å². The molecule has 0 aromatic carbocycles. The van der Waals surface area contributed by atoms with Crippen molar-refractivity contribution in [1.82, 2.24) is 10.3 Å². The number of rotatable bonds is 3. The molecule has 1 aromatic rings. The standard InChI is InChI=1S/C9H11N3O3S/c13-7-5(2-1-3-10-7)12-8-6(9(14)15)11-4-16-8/h4-5,12H,1-3H2,(H,10,13)(H,14,15). The molecular weight excluding hydrogens is 230 g/mol. The molecule has 7 heteroatoms. The number of nitrogens with one attached hydrogen (secondary N) is 2. The number of carboxylic acids is 1. The molecular formula is C9H11N3O3S. The number of carboxylic acid groups (broad SMARTS) is 1. The van der Waals surface area contributed by atoms with Gasteiger partial charge >= 0.3 is 5.97 Å². The van der Waals surface area contributed by atoms with Crippen LogP contribution in [0.15, 0.2) is 5.51 Å². The lowest BCUT2D eigenvalue weighted by Gasteiger charge is -2.22. The predicted molar refractivity (Wildman–Crippen MR) is 58.7 cm³/mol. The monoisotopic (exact) mass is 241 g/mol. The number of thiazole rings is 1. The summed E-state index contributed by atoms with van der Waals surface area (Å²) in [5.41, 5.74) is 1.43. The lowest BCUT2D eigenvalue weighted by molar-refractivity contribution is -0.123. The number of hydrogen-bond donors (Lipinski definition) is 3. The Morgan fingerprint density at radius 2 is 2.50 bits per heavy atom. The van der Waals surface area contributed by atoms with Crippen molar-refractivity contribution in [3.05, 3.63) is 11.2 Å². The van der Waals surface area contributed by atoms with E-state index in [1.807, 2.05) is 0 Å². The quantitative estimate of drug-likeness (QED) is 0.718. The van der Waals surface area contributed by atoms with Gasteiger partial charge in [-0.2, -0.15) is 0 Å². The van der Waals surface area contributed by atoms with Gasteiger partial charge in [-0.15, -0.1) is 11.3 Å². The Hall–Kier alpha value is -1.63. The van der Waals surface area contributed by atoms with Gasteiger partial charge in [0.15, 0.2) is 5.69 Å². The van der Waals surface area contributed by atoms with Gasteiger partial charge in [-0.3, -0.25) is 4.79 Å². The van der Waals surface area contributed by atoms with Gasteiger partial charge in [0.25, 0.3) is 0 Å². The SMILES string of the molecule is O=C(O)c1ncsc1NC1CCCNC1=O. The number of aromatic nitrogens is 1. The highest BCUT2D eigenvalue weighted by atomic mass is 32.1. The van der Waals surface area contributed by atoms with E-state index in [2.05, 4.69) is 15.6 Å². The minimum Gasteiger partial charge on any atom is -0.476 e. The van der Waals surface area contributed by atoms with Gasteiger partial charge in [-0.25, -0.2) is 9.78 Å². The summed E-state index contributed by atoms with van der Waals surface area (Å²) in [5.74, 6) is -1.17. The highest BCUT2D eigenvalue weighted by Gasteiger charge is 2.24. The van der Waals surface area contributed by atoms with Crippen LogP contribution in [0.2, 0.25) is 0 Å². The predicted octanol–water partition coefficient (Wildman–Crippen LogP) is 0.532. The first kappa shape index (κ1) is 10.9. The smallest absolute Gasteiger partial charge is 0.357 e. The molecule has 2 heterocycles. The molecule has 0 saturated carbocycles. The van der Waals surface area contributed by atoms with Crippen molar-refractivity contribution in [3.63, 3.8) is 0 Å². The molecule has 3 N–H and O–H groups in total. The molecule has 1 aliphatic heterocycles. The molecule has 2 rings (SSSR count). The summed E-state index contributed by atoms with van der Waals surface area (Å²) in [5, 5.41) is 14.9. The lowest BCUT2D eigenvalue weighted by atomic mass is 10.1. The number of amides is 1. The zero-order valence-corrected chi connectivity index (χ0v) is 9.21. The Labute approximate surface area is 95.7 Å². The number of aromatic carboxylic acids is 1. The van der Waals surface area contributed by atoms with Crippen molar-refractivity contribution in [2.75, 3.05) is 11.9 Å². The fourth-order valence-corrected chi connectivity index (χ4v) is 2.29. The van der Waals surface area contributed by atoms with E-state index < -0.39 is 5.97 Å². The molecule has 86 valence electrons. The number of carbonyl (C=O) groups is 2. The van der Waals surface area contributed by atoms with E-state index in [0.717, 1.165) is 6.42 Å². The molecule has 1 unspecified atom stereocenters. The van der Waals surface area contributed by atoms with Gasteiger partial charge in [0.2, 0.25) is 5.91 Å². The molecule has 16 heavy (non-hydrogen) atoms. The van der Waals surface area contributed by atoms with Crippen molar-refractivity contribution in [2.24, 2.45) is 0 Å². The fraction of sp³-hybridized carbons (Fsp3) is 0.444. The second kappa shape index (κ2) is 4.48. The van der Waals surface area contributed by atoms with E-state index in [4.69, 9.17) is 5.11 Å². The summed E-state index contributed by atoms with van der Waals surface area (Å²) in [6.45, 7) is 0.686. The zero-order valence-electron chi connectivity index (χ0n) is 8.40. The average molecular weight is 241 g/mol. The van der Waals surface area contributed by atoms with Crippen LogP contribution < -0.4 is 10.6 Å². The number of nitrogens with zero attached hydrogens (tertiary/aromatic N) is 1. The Balaban J connectivity index is 2.10. The number of hydrogen-bond acceptors (Lipinski definition) is 5. The molecule has 1 atom stereocenters. The minimum absolute atomic E-state index is 0.0247. The van der Waals surface area contributed by atoms with Crippen LogP contribution in [-0.4, -0.2) is 34.6 Å². The van der Waals surface area contributed by atoms with Gasteiger partial charge in [0, 0.05) is 6.54 Å². The highest BCUT2D eigenvalue weighted by molar-refractivity contribution is 7.14. The summed E-state index contributed by atoms with van der Waals surface area (Å²) in [7, 11) is 0. The van der Waals surface area contributed by atoms with Crippen molar-refractivity contribution in [2.45, 2.75) is 18.9 Å². The molecule has 1 aliphatic rings. The largest absolute Gasteiger partial charge is 0.476 e. The van der Waals surface area contributed by atoms with Gasteiger partial charge in [0.05, 0.1) is 5.51 Å². The Kier molecular flexibility index (Phi) is 3.04. The van der Waals surface area contributed by atoms with E-state index in [1.165, 1.54) is 16.8 Å². The third-order valence-corrected chi connectivity index (χ3v) is 3.12. The van der Waals surface area contributed by atoms with Gasteiger partial charge in [-0.05, 0) is 12.8 Å². The van der Waals surface area contributed by atoms with Crippen molar-refractivity contribution < 1.29 is 14.7 Å². The fourth-order valence-electron chi connectivity index (χ4n) is 1.57. The van der Waals surface area contributed by atoms with Crippen LogP contribution >= 0.6 is 11.3 Å². The van der Waals surface area contributed by atoms with E-state index >= 15 is 0 Å². The van der Waals surface area contributed by atoms with Crippen LogP contribution in [0.3, 0.4) is 0 Å². The molecule has 1 fully saturated rings. The second-order valence-corrected chi connectivity index (χ2v) is 4.32. The first-order chi connectivity index (χ1) is 7.68. The molecule has 0 aliphatic carbocycles. The highest BCUT2D eigenvalue weighted by Crippen LogP contribution is 2.22. The number of carbonyl (C=O) groups excluding carboxylic acids is 1. The summed E-state index contributed by atoms with van der Waals surface area (Å²) in [6.07, 6.45) is 1.60. The zero-order chi connectivity index (χ0) is 11.5. The van der Waals surface area contributed by atoms with E-state index in [0.29, 0.717) is 18.0 Å². The van der Waals surface area contributed by atoms with Crippen LogP contribution in [0.4, 0.5) is 5.00 Å². The maximum Gasteiger partial charge on any atom is 0.357 e. The van der Waals surface area contributed by atoms with E-state index in [1.54, 1.807) is 0 Å². The van der Waals surface area contributed by atoms with Crippen LogP contribution in [0.1, 0.15) is 23.3 Å². The Bertz CT molecular complexity index is 418. The maximum atomic E-state index is 11.5. The number of anilines is 1. The number of piperidine rings is 1. The molecule has 0 radical (unpaired) electrons. The molecule has 0 bridgehead atoms. The third-order valence-electron chi connectivity index (χ3n) is 2.36. The van der Waals surface area contributed by atoms with Crippen LogP contribution in [-0.2, 0) is 4.79 Å². The van der Waals surface area contributed by atoms with Crippen LogP contribution in [0.5, 0.6) is 0 Å². The summed E-state index contributed by atoms with van der Waals surface area (Å²) >= 11 is 1.19. The molecule has 0 spiro atoms. The van der Waals surface area contributed by atoms with Crippen molar-refractivity contribution in [1.29, 1.82) is 0 Å². The summed E-state index contributed by atoms with van der Waals surface area (Å²) in [6, 6.07) is -0.354. The molecule has 1 aromatic heterocycles. The summed E-state index contributed by atoms with van der Waals surface area (Å²) < 4.78 is 0. The molecule has 6 nitrogen and oxygen atoms in total. The Morgan fingerprint density at radius 1 is 1.69 bits per heavy atom. The lowest BCUT2D eigenvalue weighted by Crippen LogP contribution is -2.44. The van der Waals surface area contributed by atoms with Gasteiger partial charge < -0.3 is 15.7 Å². The van der Waals surface area contributed by atoms with E-state index in [-0.39, 0.29) is 17.6 Å². The van der Waals surface area contributed by atoms with E-state index in [9.17, 15) is 9.59 Å². The third kappa shape index (κ3) is 2.13.